The van der Waals surface area contributed by atoms with Gasteiger partial charge in [0.25, 0.3) is 0 Å². The number of methoxy groups -OCH3 is 1. The Bertz CT molecular complexity index is 585. The Morgan fingerprint density at radius 2 is 2.24 bits per heavy atom. The first-order chi connectivity index (χ1) is 10.0. The number of aliphatic carboxylic acids is 1. The van der Waals surface area contributed by atoms with Gasteiger partial charge in [-0.05, 0) is 30.7 Å². The van der Waals surface area contributed by atoms with E-state index < -0.39 is 11.9 Å². The normalized spacial score (nSPS) is 18.2. The first-order valence-corrected chi connectivity index (χ1v) is 6.92. The highest BCUT2D eigenvalue weighted by Crippen LogP contribution is 2.24. The number of benzene rings is 1. The molecular weight excluding hydrogens is 294 g/mol. The van der Waals surface area contributed by atoms with Gasteiger partial charge in [-0.25, -0.2) is 0 Å². The van der Waals surface area contributed by atoms with E-state index >= 15 is 0 Å². The highest BCUT2D eigenvalue weighted by molar-refractivity contribution is 6.30. The summed E-state index contributed by atoms with van der Waals surface area (Å²) < 4.78 is 5.19. The quantitative estimate of drug-likeness (QED) is 0.867. The summed E-state index contributed by atoms with van der Waals surface area (Å²) in [6, 6.07) is 5.13. The van der Waals surface area contributed by atoms with Crippen LogP contribution in [-0.2, 0) is 9.59 Å². The minimum absolute atomic E-state index is 0.208. The Labute approximate surface area is 127 Å². The van der Waals surface area contributed by atoms with Crippen molar-refractivity contribution in [2.24, 2.45) is 5.92 Å². The van der Waals surface area contributed by atoms with E-state index in [1.165, 1.54) is 11.0 Å². The van der Waals surface area contributed by atoms with Gasteiger partial charge in [-0.1, -0.05) is 11.6 Å². The minimum Gasteiger partial charge on any atom is -0.496 e. The average molecular weight is 310 g/mol. The SMILES string of the molecule is COc1ccc(Cl)cc1C=CC(=O)N1CCC(C(=O)O)C1. The molecule has 1 aliphatic heterocycles. The molecule has 2 rings (SSSR count). The summed E-state index contributed by atoms with van der Waals surface area (Å²) >= 11 is 5.92. The lowest BCUT2D eigenvalue weighted by atomic mass is 10.1. The summed E-state index contributed by atoms with van der Waals surface area (Å²) in [5.74, 6) is -0.914. The molecule has 21 heavy (non-hydrogen) atoms. The van der Waals surface area contributed by atoms with Crippen LogP contribution in [0.15, 0.2) is 24.3 Å². The van der Waals surface area contributed by atoms with Gasteiger partial charge in [0.05, 0.1) is 13.0 Å². The number of nitrogens with zero attached hydrogens (tertiary/aromatic N) is 1. The Kier molecular flexibility index (Phi) is 4.85. The number of carboxylic acids is 1. The zero-order valence-electron chi connectivity index (χ0n) is 11.6. The van der Waals surface area contributed by atoms with Crippen molar-refractivity contribution in [3.8, 4) is 5.75 Å². The van der Waals surface area contributed by atoms with Crippen molar-refractivity contribution in [2.75, 3.05) is 20.2 Å². The number of hydrogen-bond acceptors (Lipinski definition) is 3. The minimum atomic E-state index is -0.856. The van der Waals surface area contributed by atoms with E-state index in [1.807, 2.05) is 0 Å². The monoisotopic (exact) mass is 309 g/mol. The van der Waals surface area contributed by atoms with E-state index in [1.54, 1.807) is 31.4 Å². The molecule has 1 N–H and O–H groups in total. The van der Waals surface area contributed by atoms with E-state index in [0.29, 0.717) is 29.3 Å². The van der Waals surface area contributed by atoms with Crippen molar-refractivity contribution in [3.05, 3.63) is 34.9 Å². The molecule has 0 bridgehead atoms. The van der Waals surface area contributed by atoms with Crippen molar-refractivity contribution in [1.29, 1.82) is 0 Å². The molecule has 1 aromatic rings. The van der Waals surface area contributed by atoms with Crippen LogP contribution in [0.2, 0.25) is 5.02 Å². The molecule has 6 heteroatoms. The van der Waals surface area contributed by atoms with Crippen LogP contribution in [0.4, 0.5) is 0 Å². The predicted octanol–water partition coefficient (Wildman–Crippen LogP) is 2.29. The number of carbonyl (C=O) groups excluding carboxylic acids is 1. The summed E-state index contributed by atoms with van der Waals surface area (Å²) in [5.41, 5.74) is 0.701. The van der Waals surface area contributed by atoms with Crippen LogP contribution in [0.1, 0.15) is 12.0 Å². The molecule has 0 radical (unpaired) electrons. The maximum atomic E-state index is 12.0. The number of carboxylic acid groups (broad SMARTS) is 1. The van der Waals surface area contributed by atoms with Crippen LogP contribution < -0.4 is 4.74 Å². The number of hydrogen-bond donors (Lipinski definition) is 1. The summed E-state index contributed by atoms with van der Waals surface area (Å²) in [7, 11) is 1.54. The van der Waals surface area contributed by atoms with Crippen molar-refractivity contribution in [1.82, 2.24) is 4.90 Å². The molecule has 0 aliphatic carbocycles. The predicted molar refractivity (Wildman–Crippen MR) is 79.4 cm³/mol. The third-order valence-electron chi connectivity index (χ3n) is 3.45. The van der Waals surface area contributed by atoms with Crippen LogP contribution in [0, 0.1) is 5.92 Å². The highest BCUT2D eigenvalue weighted by atomic mass is 35.5. The fourth-order valence-corrected chi connectivity index (χ4v) is 2.44. The number of likely N-dealkylation sites (tertiary alicyclic amines) is 1. The third kappa shape index (κ3) is 3.76. The zero-order valence-corrected chi connectivity index (χ0v) is 12.3. The van der Waals surface area contributed by atoms with Crippen LogP contribution in [0.25, 0.3) is 6.08 Å². The van der Waals surface area contributed by atoms with Gasteiger partial charge < -0.3 is 14.7 Å². The average Bonchev–Trinajstić information content (AvgIpc) is 2.95. The van der Waals surface area contributed by atoms with Gasteiger partial charge in [-0.2, -0.15) is 0 Å². The van der Waals surface area contributed by atoms with Gasteiger partial charge in [0, 0.05) is 29.8 Å². The van der Waals surface area contributed by atoms with Crippen LogP contribution >= 0.6 is 11.6 Å². The van der Waals surface area contributed by atoms with Gasteiger partial charge in [0.15, 0.2) is 0 Å². The second-order valence-electron chi connectivity index (χ2n) is 4.83. The lowest BCUT2D eigenvalue weighted by Gasteiger charge is -2.13. The molecule has 1 aromatic carbocycles. The lowest BCUT2D eigenvalue weighted by molar-refractivity contribution is -0.141. The standard InChI is InChI=1S/C15H16ClNO4/c1-21-13-4-3-12(16)8-10(13)2-5-14(18)17-7-6-11(9-17)15(19)20/h2-5,8,11H,6-7,9H2,1H3,(H,19,20). The van der Waals surface area contributed by atoms with Gasteiger partial charge >= 0.3 is 5.97 Å². The molecule has 1 atom stereocenters. The molecular formula is C15H16ClNO4. The Morgan fingerprint density at radius 3 is 2.86 bits per heavy atom. The van der Waals surface area contributed by atoms with Gasteiger partial charge in [0.2, 0.25) is 5.91 Å². The highest BCUT2D eigenvalue weighted by Gasteiger charge is 2.29. The number of amides is 1. The third-order valence-corrected chi connectivity index (χ3v) is 3.68. The number of carbonyl (C=O) groups is 2. The topological polar surface area (TPSA) is 66.8 Å². The van der Waals surface area contributed by atoms with Crippen LogP contribution in [0.3, 0.4) is 0 Å². The molecule has 5 nitrogen and oxygen atoms in total. The van der Waals surface area contributed by atoms with Crippen LogP contribution in [-0.4, -0.2) is 42.1 Å². The lowest BCUT2D eigenvalue weighted by Crippen LogP contribution is -2.28. The Morgan fingerprint density at radius 1 is 1.48 bits per heavy atom. The van der Waals surface area contributed by atoms with E-state index in [-0.39, 0.29) is 12.5 Å². The number of rotatable bonds is 4. The molecule has 0 saturated carbocycles. The van der Waals surface area contributed by atoms with E-state index in [0.717, 1.165) is 0 Å². The molecule has 1 amide bonds. The fourth-order valence-electron chi connectivity index (χ4n) is 2.26. The molecule has 0 spiro atoms. The Hall–Kier alpha value is -2.01. The van der Waals surface area contributed by atoms with Crippen molar-refractivity contribution in [2.45, 2.75) is 6.42 Å². The summed E-state index contributed by atoms with van der Waals surface area (Å²) in [6.45, 7) is 0.720. The fraction of sp³-hybridized carbons (Fsp3) is 0.333. The number of halogens is 1. The van der Waals surface area contributed by atoms with E-state index in [4.69, 9.17) is 21.4 Å². The molecule has 0 aromatic heterocycles. The molecule has 1 heterocycles. The van der Waals surface area contributed by atoms with Crippen molar-refractivity contribution >= 4 is 29.6 Å². The molecule has 1 fully saturated rings. The van der Waals surface area contributed by atoms with Gasteiger partial charge in [0.1, 0.15) is 5.75 Å². The van der Waals surface area contributed by atoms with Crippen molar-refractivity contribution in [3.63, 3.8) is 0 Å². The maximum absolute atomic E-state index is 12.0. The smallest absolute Gasteiger partial charge is 0.308 e. The van der Waals surface area contributed by atoms with E-state index in [9.17, 15) is 9.59 Å². The number of ether oxygens (including phenoxy) is 1. The second-order valence-corrected chi connectivity index (χ2v) is 5.26. The van der Waals surface area contributed by atoms with Crippen LogP contribution in [0.5, 0.6) is 5.75 Å². The molecule has 112 valence electrons. The zero-order chi connectivity index (χ0) is 15.4. The second kappa shape index (κ2) is 6.63. The van der Waals surface area contributed by atoms with E-state index in [2.05, 4.69) is 0 Å². The first-order valence-electron chi connectivity index (χ1n) is 6.54. The van der Waals surface area contributed by atoms with Gasteiger partial charge in [-0.3, -0.25) is 9.59 Å². The molecule has 1 aliphatic rings. The Balaban J connectivity index is 2.06. The summed E-state index contributed by atoms with van der Waals surface area (Å²) in [5, 5.41) is 9.48. The maximum Gasteiger partial charge on any atom is 0.308 e. The van der Waals surface area contributed by atoms with Gasteiger partial charge in [-0.15, -0.1) is 0 Å². The largest absolute Gasteiger partial charge is 0.496 e. The first kappa shape index (κ1) is 15.4. The summed E-state index contributed by atoms with van der Waals surface area (Å²) in [6.07, 6.45) is 3.54. The van der Waals surface area contributed by atoms with Crippen molar-refractivity contribution < 1.29 is 19.4 Å². The molecule has 1 saturated heterocycles. The summed E-state index contributed by atoms with van der Waals surface area (Å²) in [4.78, 5) is 24.5. The molecule has 1 unspecified atom stereocenters.